The lowest BCUT2D eigenvalue weighted by molar-refractivity contribution is -0.125. The van der Waals surface area contributed by atoms with Gasteiger partial charge in [0.2, 0.25) is 0 Å². The summed E-state index contributed by atoms with van der Waals surface area (Å²) in [5.74, 6) is 5.18. The van der Waals surface area contributed by atoms with Crippen LogP contribution in [-0.4, -0.2) is 5.78 Å². The van der Waals surface area contributed by atoms with Crippen molar-refractivity contribution in [2.24, 2.45) is 40.9 Å². The van der Waals surface area contributed by atoms with E-state index in [1.165, 1.54) is 50.5 Å². The predicted octanol–water partition coefficient (Wildman–Crippen LogP) is 5.01. The monoisotopic (exact) mass is 286 g/mol. The maximum Gasteiger partial charge on any atom is 0.159 e. The summed E-state index contributed by atoms with van der Waals surface area (Å²) < 4.78 is 0. The third kappa shape index (κ3) is 1.92. The van der Waals surface area contributed by atoms with E-state index >= 15 is 0 Å². The van der Waals surface area contributed by atoms with Crippen molar-refractivity contribution >= 4 is 5.78 Å². The first-order valence-electron chi connectivity index (χ1n) is 9.24. The highest BCUT2D eigenvalue weighted by molar-refractivity contribution is 5.94. The molecule has 0 amide bonds. The molecular formula is C20H30O. The first-order chi connectivity index (χ1) is 10.00. The Labute approximate surface area is 129 Å². The van der Waals surface area contributed by atoms with Crippen LogP contribution in [-0.2, 0) is 4.79 Å². The molecule has 3 saturated carbocycles. The van der Waals surface area contributed by atoms with E-state index in [1.807, 2.05) is 0 Å². The zero-order chi connectivity index (χ0) is 14.8. The fourth-order valence-electron chi connectivity index (χ4n) is 6.67. The highest BCUT2D eigenvalue weighted by Gasteiger charge is 2.54. The first kappa shape index (κ1) is 14.0. The second-order valence-corrected chi connectivity index (χ2v) is 8.94. The van der Waals surface area contributed by atoms with E-state index in [0.29, 0.717) is 11.7 Å². The maximum atomic E-state index is 12.3. The number of ketones is 1. The third-order valence-corrected chi connectivity index (χ3v) is 7.95. The van der Waals surface area contributed by atoms with Gasteiger partial charge in [0.1, 0.15) is 0 Å². The van der Waals surface area contributed by atoms with Crippen LogP contribution >= 0.6 is 0 Å². The van der Waals surface area contributed by atoms with Crippen molar-refractivity contribution in [3.05, 3.63) is 11.6 Å². The molecule has 1 nitrogen and oxygen atoms in total. The highest BCUT2D eigenvalue weighted by Crippen LogP contribution is 2.61. The summed E-state index contributed by atoms with van der Waals surface area (Å²) >= 11 is 0. The summed E-state index contributed by atoms with van der Waals surface area (Å²) in [6.07, 6.45) is 12.0. The molecule has 0 aromatic carbocycles. The van der Waals surface area contributed by atoms with Gasteiger partial charge in [-0.3, -0.25) is 4.79 Å². The van der Waals surface area contributed by atoms with E-state index in [1.54, 1.807) is 0 Å². The Morgan fingerprint density at radius 3 is 2.62 bits per heavy atom. The molecule has 0 radical (unpaired) electrons. The minimum Gasteiger partial charge on any atom is -0.295 e. The number of carbonyl (C=O) groups excluding carboxylic acids is 1. The zero-order valence-corrected chi connectivity index (χ0v) is 13.9. The molecule has 4 aliphatic carbocycles. The summed E-state index contributed by atoms with van der Waals surface area (Å²) in [5, 5.41) is 0. The van der Waals surface area contributed by atoms with Gasteiger partial charge in [-0.15, -0.1) is 0 Å². The van der Waals surface area contributed by atoms with E-state index in [-0.39, 0.29) is 11.3 Å². The summed E-state index contributed by atoms with van der Waals surface area (Å²) in [6.45, 7) is 6.91. The molecule has 6 unspecified atom stereocenters. The van der Waals surface area contributed by atoms with Gasteiger partial charge in [-0.25, -0.2) is 0 Å². The highest BCUT2D eigenvalue weighted by atomic mass is 16.1. The molecule has 4 aliphatic rings. The van der Waals surface area contributed by atoms with E-state index in [2.05, 4.69) is 26.8 Å². The molecule has 1 heteroatoms. The standard InChI is InChI=1S/C20H30O/c1-12-18(21)11-14-8-9-16-15-6-4-5-13(15)7-10-17(16)19(14)20(12,2)3/h11-13,15-17,19H,4-10H2,1-3H3. The molecule has 0 bridgehead atoms. The van der Waals surface area contributed by atoms with Gasteiger partial charge in [0.25, 0.3) is 0 Å². The number of hydrogen-bond acceptors (Lipinski definition) is 1. The molecule has 21 heavy (non-hydrogen) atoms. The van der Waals surface area contributed by atoms with Crippen LogP contribution in [0.5, 0.6) is 0 Å². The topological polar surface area (TPSA) is 17.1 Å². The average molecular weight is 286 g/mol. The molecular weight excluding hydrogens is 256 g/mol. The largest absolute Gasteiger partial charge is 0.295 e. The van der Waals surface area contributed by atoms with Gasteiger partial charge in [0.05, 0.1) is 0 Å². The van der Waals surface area contributed by atoms with Gasteiger partial charge in [0, 0.05) is 5.92 Å². The summed E-state index contributed by atoms with van der Waals surface area (Å²) in [5.41, 5.74) is 1.68. The van der Waals surface area contributed by atoms with E-state index < -0.39 is 0 Å². The molecule has 0 aromatic heterocycles. The van der Waals surface area contributed by atoms with Gasteiger partial charge in [-0.2, -0.15) is 0 Å². The molecule has 116 valence electrons. The molecule has 3 fully saturated rings. The first-order valence-corrected chi connectivity index (χ1v) is 9.24. The predicted molar refractivity (Wildman–Crippen MR) is 85.8 cm³/mol. The van der Waals surface area contributed by atoms with Crippen molar-refractivity contribution in [3.63, 3.8) is 0 Å². The molecule has 4 rings (SSSR count). The number of rotatable bonds is 0. The lowest BCUT2D eigenvalue weighted by Crippen LogP contribution is -2.50. The Hall–Kier alpha value is -0.590. The van der Waals surface area contributed by atoms with E-state index in [4.69, 9.17) is 0 Å². The minimum absolute atomic E-state index is 0.163. The minimum atomic E-state index is 0.163. The SMILES string of the molecule is CC1C(=O)C=C2CCC3C4CCCC4CCC3C2C1(C)C. The summed E-state index contributed by atoms with van der Waals surface area (Å²) in [7, 11) is 0. The Morgan fingerprint density at radius 2 is 1.81 bits per heavy atom. The van der Waals surface area contributed by atoms with Crippen LogP contribution in [0, 0.1) is 40.9 Å². The fraction of sp³-hybridized carbons (Fsp3) is 0.850. The van der Waals surface area contributed by atoms with Crippen LogP contribution in [0.1, 0.15) is 65.7 Å². The summed E-state index contributed by atoms with van der Waals surface area (Å²) in [6, 6.07) is 0. The number of hydrogen-bond donors (Lipinski definition) is 0. The molecule has 0 heterocycles. The quantitative estimate of drug-likeness (QED) is 0.611. The van der Waals surface area contributed by atoms with Crippen LogP contribution < -0.4 is 0 Å². The molecule has 0 N–H and O–H groups in total. The van der Waals surface area contributed by atoms with Crippen LogP contribution in [0.25, 0.3) is 0 Å². The van der Waals surface area contributed by atoms with E-state index in [9.17, 15) is 4.79 Å². The Balaban J connectivity index is 1.71. The van der Waals surface area contributed by atoms with Gasteiger partial charge in [-0.05, 0) is 73.2 Å². The normalized spacial score (nSPS) is 48.1. The smallest absolute Gasteiger partial charge is 0.159 e. The van der Waals surface area contributed by atoms with Crippen LogP contribution in [0.2, 0.25) is 0 Å². The number of fused-ring (bicyclic) bond motifs is 5. The van der Waals surface area contributed by atoms with Crippen molar-refractivity contribution in [2.45, 2.75) is 65.7 Å². The second kappa shape index (κ2) is 4.70. The molecule has 6 atom stereocenters. The number of carbonyl (C=O) groups is 1. The average Bonchev–Trinajstić information content (AvgIpc) is 2.93. The van der Waals surface area contributed by atoms with Crippen LogP contribution in [0.4, 0.5) is 0 Å². The van der Waals surface area contributed by atoms with Gasteiger partial charge < -0.3 is 0 Å². The zero-order valence-electron chi connectivity index (χ0n) is 13.9. The second-order valence-electron chi connectivity index (χ2n) is 8.94. The van der Waals surface area contributed by atoms with Gasteiger partial charge >= 0.3 is 0 Å². The van der Waals surface area contributed by atoms with E-state index in [0.717, 1.165) is 23.7 Å². The number of allylic oxidation sites excluding steroid dienone is 1. The Morgan fingerprint density at radius 1 is 1.00 bits per heavy atom. The van der Waals surface area contributed by atoms with Crippen LogP contribution in [0.3, 0.4) is 0 Å². The molecule has 0 aliphatic heterocycles. The Bertz CT molecular complexity index is 486. The molecule has 0 spiro atoms. The fourth-order valence-corrected chi connectivity index (χ4v) is 6.67. The van der Waals surface area contributed by atoms with Crippen molar-refractivity contribution < 1.29 is 4.79 Å². The van der Waals surface area contributed by atoms with Crippen molar-refractivity contribution in [1.29, 1.82) is 0 Å². The molecule has 0 saturated heterocycles. The van der Waals surface area contributed by atoms with Crippen LogP contribution in [0.15, 0.2) is 11.6 Å². The van der Waals surface area contributed by atoms with Gasteiger partial charge in [0.15, 0.2) is 5.78 Å². The van der Waals surface area contributed by atoms with Crippen molar-refractivity contribution in [3.8, 4) is 0 Å². The van der Waals surface area contributed by atoms with Crippen molar-refractivity contribution in [1.82, 2.24) is 0 Å². The third-order valence-electron chi connectivity index (χ3n) is 7.95. The maximum absolute atomic E-state index is 12.3. The lowest BCUT2D eigenvalue weighted by atomic mass is 9.49. The summed E-state index contributed by atoms with van der Waals surface area (Å²) in [4.78, 5) is 12.3. The van der Waals surface area contributed by atoms with Gasteiger partial charge in [-0.1, -0.05) is 39.2 Å². The lowest BCUT2D eigenvalue weighted by Gasteiger charge is -2.55. The molecule has 0 aromatic rings. The van der Waals surface area contributed by atoms with Crippen molar-refractivity contribution in [2.75, 3.05) is 0 Å². The Kier molecular flexibility index (Phi) is 3.14.